The Morgan fingerprint density at radius 1 is 1.73 bits per heavy atom. The van der Waals surface area contributed by atoms with Gasteiger partial charge in [0.25, 0.3) is 0 Å². The largest absolute Gasteiger partial charge is 0.330 e. The van der Waals surface area contributed by atoms with E-state index in [-0.39, 0.29) is 0 Å². The summed E-state index contributed by atoms with van der Waals surface area (Å²) in [5.74, 6) is 0. The van der Waals surface area contributed by atoms with Gasteiger partial charge in [0.2, 0.25) is 0 Å². The predicted octanol–water partition coefficient (Wildman–Crippen LogP) is 0.965. The molecule has 1 heterocycles. The maximum atomic E-state index is 5.78. The fraction of sp³-hybridized carbons (Fsp3) is 0.571. The summed E-state index contributed by atoms with van der Waals surface area (Å²) in [6.45, 7) is 0.703. The third kappa shape index (κ3) is 2.20. The fourth-order valence-electron chi connectivity index (χ4n) is 0.906. The molecule has 0 aromatic carbocycles. The average Bonchev–Trinajstić information content (AvgIpc) is 2.28. The van der Waals surface area contributed by atoms with Crippen molar-refractivity contribution in [1.29, 1.82) is 0 Å². The molecule has 1 aromatic heterocycles. The van der Waals surface area contributed by atoms with Gasteiger partial charge in [-0.3, -0.25) is 4.68 Å². The molecule has 2 N–H and O–H groups in total. The van der Waals surface area contributed by atoms with E-state index in [9.17, 15) is 0 Å². The number of halogens is 1. The Labute approximate surface area is 71.1 Å². The van der Waals surface area contributed by atoms with Crippen LogP contribution in [0.3, 0.4) is 0 Å². The zero-order chi connectivity index (χ0) is 8.27. The fourth-order valence-corrected chi connectivity index (χ4v) is 1.07. The molecule has 0 atom stereocenters. The van der Waals surface area contributed by atoms with E-state index in [0.29, 0.717) is 11.7 Å². The highest BCUT2D eigenvalue weighted by Crippen LogP contribution is 2.09. The lowest BCUT2D eigenvalue weighted by Crippen LogP contribution is -2.01. The minimum atomic E-state index is 0.678. The second kappa shape index (κ2) is 3.74. The molecule has 0 aliphatic rings. The lowest BCUT2D eigenvalue weighted by Gasteiger charge is -1.91. The molecule has 1 rings (SSSR count). The number of aryl methyl sites for hydroxylation is 2. The normalized spacial score (nSPS) is 10.5. The van der Waals surface area contributed by atoms with E-state index >= 15 is 0 Å². The Morgan fingerprint density at radius 3 is 2.91 bits per heavy atom. The maximum Gasteiger partial charge on any atom is 0.126 e. The summed E-state index contributed by atoms with van der Waals surface area (Å²) in [6, 6.07) is 1.87. The third-order valence-corrected chi connectivity index (χ3v) is 1.86. The summed E-state index contributed by atoms with van der Waals surface area (Å²) in [5, 5.41) is 4.85. The van der Waals surface area contributed by atoms with Crippen LogP contribution in [0.1, 0.15) is 12.1 Å². The summed E-state index contributed by atoms with van der Waals surface area (Å²) < 4.78 is 1.66. The van der Waals surface area contributed by atoms with Crippen molar-refractivity contribution in [1.82, 2.24) is 9.78 Å². The van der Waals surface area contributed by atoms with Gasteiger partial charge in [0.1, 0.15) is 5.15 Å². The van der Waals surface area contributed by atoms with Gasteiger partial charge in [0.05, 0.1) is 5.69 Å². The lowest BCUT2D eigenvalue weighted by atomic mass is 10.2. The highest BCUT2D eigenvalue weighted by atomic mass is 35.5. The Hall–Kier alpha value is -0.540. The molecule has 0 saturated carbocycles. The van der Waals surface area contributed by atoms with Gasteiger partial charge >= 0.3 is 0 Å². The lowest BCUT2D eigenvalue weighted by molar-refractivity contribution is 0.723. The van der Waals surface area contributed by atoms with Crippen LogP contribution in [0.4, 0.5) is 0 Å². The number of rotatable bonds is 3. The summed E-state index contributed by atoms with van der Waals surface area (Å²) in [6.07, 6.45) is 1.88. The molecule has 0 spiro atoms. The molecule has 0 amide bonds. The molecular formula is C7H12ClN3. The van der Waals surface area contributed by atoms with Gasteiger partial charge < -0.3 is 5.73 Å². The van der Waals surface area contributed by atoms with E-state index < -0.39 is 0 Å². The molecule has 11 heavy (non-hydrogen) atoms. The smallest absolute Gasteiger partial charge is 0.126 e. The van der Waals surface area contributed by atoms with Crippen LogP contribution in [0, 0.1) is 0 Å². The second-order valence-electron chi connectivity index (χ2n) is 2.47. The molecule has 1 aromatic rings. The zero-order valence-corrected chi connectivity index (χ0v) is 7.30. The van der Waals surface area contributed by atoms with Gasteiger partial charge in [-0.05, 0) is 25.5 Å². The van der Waals surface area contributed by atoms with Gasteiger partial charge in [-0.15, -0.1) is 0 Å². The first-order valence-electron chi connectivity index (χ1n) is 3.62. The molecule has 0 saturated heterocycles. The summed E-state index contributed by atoms with van der Waals surface area (Å²) in [7, 11) is 1.83. The van der Waals surface area contributed by atoms with Crippen LogP contribution in [0.5, 0.6) is 0 Å². The number of hydrogen-bond donors (Lipinski definition) is 1. The van der Waals surface area contributed by atoms with Gasteiger partial charge in [-0.25, -0.2) is 0 Å². The van der Waals surface area contributed by atoms with Gasteiger partial charge in [0, 0.05) is 7.05 Å². The molecule has 62 valence electrons. The number of hydrogen-bond acceptors (Lipinski definition) is 2. The van der Waals surface area contributed by atoms with Crippen molar-refractivity contribution in [3.63, 3.8) is 0 Å². The van der Waals surface area contributed by atoms with E-state index in [4.69, 9.17) is 17.3 Å². The summed E-state index contributed by atoms with van der Waals surface area (Å²) >= 11 is 5.78. The minimum Gasteiger partial charge on any atom is -0.330 e. The van der Waals surface area contributed by atoms with Gasteiger partial charge in [0.15, 0.2) is 0 Å². The van der Waals surface area contributed by atoms with Crippen LogP contribution in [-0.4, -0.2) is 16.3 Å². The van der Waals surface area contributed by atoms with Crippen LogP contribution in [0.25, 0.3) is 0 Å². The molecule has 0 bridgehead atoms. The highest BCUT2D eigenvalue weighted by molar-refractivity contribution is 6.29. The van der Waals surface area contributed by atoms with E-state index in [1.807, 2.05) is 13.1 Å². The van der Waals surface area contributed by atoms with E-state index in [0.717, 1.165) is 18.5 Å². The SMILES string of the molecule is Cn1nc(CCCN)cc1Cl. The van der Waals surface area contributed by atoms with Crippen molar-refractivity contribution in [2.75, 3.05) is 6.54 Å². The monoisotopic (exact) mass is 173 g/mol. The quantitative estimate of drug-likeness (QED) is 0.740. The van der Waals surface area contributed by atoms with Gasteiger partial charge in [-0.2, -0.15) is 5.10 Å². The van der Waals surface area contributed by atoms with Gasteiger partial charge in [-0.1, -0.05) is 11.6 Å². The second-order valence-corrected chi connectivity index (χ2v) is 2.86. The standard InChI is InChI=1S/C7H12ClN3/c1-11-7(8)5-6(10-11)3-2-4-9/h5H,2-4,9H2,1H3. The molecule has 0 aliphatic heterocycles. The Morgan fingerprint density at radius 2 is 2.45 bits per heavy atom. The van der Waals surface area contributed by atoms with Crippen molar-refractivity contribution in [2.45, 2.75) is 12.8 Å². The highest BCUT2D eigenvalue weighted by Gasteiger charge is 2.00. The van der Waals surface area contributed by atoms with Crippen LogP contribution in [-0.2, 0) is 13.5 Å². The topological polar surface area (TPSA) is 43.8 Å². The van der Waals surface area contributed by atoms with E-state index in [1.165, 1.54) is 0 Å². The van der Waals surface area contributed by atoms with E-state index in [2.05, 4.69) is 5.10 Å². The summed E-state index contributed by atoms with van der Waals surface area (Å²) in [4.78, 5) is 0. The molecule has 3 nitrogen and oxygen atoms in total. The van der Waals surface area contributed by atoms with Crippen molar-refractivity contribution < 1.29 is 0 Å². The van der Waals surface area contributed by atoms with Crippen molar-refractivity contribution in [3.8, 4) is 0 Å². The van der Waals surface area contributed by atoms with Crippen LogP contribution < -0.4 is 5.73 Å². The average molecular weight is 174 g/mol. The first-order valence-corrected chi connectivity index (χ1v) is 4.00. The summed E-state index contributed by atoms with van der Waals surface area (Å²) in [5.41, 5.74) is 6.37. The number of aromatic nitrogens is 2. The van der Waals surface area contributed by atoms with Crippen molar-refractivity contribution in [2.24, 2.45) is 12.8 Å². The Kier molecular flexibility index (Phi) is 2.91. The van der Waals surface area contributed by atoms with Crippen molar-refractivity contribution in [3.05, 3.63) is 16.9 Å². The van der Waals surface area contributed by atoms with Crippen LogP contribution in [0.2, 0.25) is 5.15 Å². The first-order chi connectivity index (χ1) is 5.24. The van der Waals surface area contributed by atoms with Crippen LogP contribution >= 0.6 is 11.6 Å². The van der Waals surface area contributed by atoms with Crippen molar-refractivity contribution >= 4 is 11.6 Å². The number of nitrogens with two attached hydrogens (primary N) is 1. The van der Waals surface area contributed by atoms with E-state index in [1.54, 1.807) is 4.68 Å². The Balaban J connectivity index is 2.58. The van der Waals surface area contributed by atoms with Crippen LogP contribution in [0.15, 0.2) is 6.07 Å². The predicted molar refractivity (Wildman–Crippen MR) is 45.6 cm³/mol. The first kappa shape index (κ1) is 8.56. The maximum absolute atomic E-state index is 5.78. The molecule has 0 aliphatic carbocycles. The molecule has 4 heteroatoms. The zero-order valence-electron chi connectivity index (χ0n) is 6.55. The Bertz CT molecular complexity index is 212. The molecule has 0 unspecified atom stereocenters. The molecule has 0 radical (unpaired) electrons. The third-order valence-electron chi connectivity index (χ3n) is 1.51. The minimum absolute atomic E-state index is 0.678. The number of nitrogens with zero attached hydrogens (tertiary/aromatic N) is 2. The molecule has 0 fully saturated rings. The molecular weight excluding hydrogens is 162 g/mol.